The van der Waals surface area contributed by atoms with Crippen LogP contribution in [0.3, 0.4) is 0 Å². The minimum absolute atomic E-state index is 0.163. The first-order valence-corrected chi connectivity index (χ1v) is 7.86. The number of rotatable bonds is 6. The van der Waals surface area contributed by atoms with E-state index < -0.39 is 10.0 Å². The highest BCUT2D eigenvalue weighted by molar-refractivity contribution is 7.89. The zero-order valence-corrected chi connectivity index (χ0v) is 12.1. The number of nitrogens with two attached hydrogens (primary N) is 1. The number of nitrogen functional groups attached to an aromatic ring is 1. The van der Waals surface area contributed by atoms with E-state index in [1.807, 2.05) is 6.92 Å². The lowest BCUT2D eigenvalue weighted by molar-refractivity contribution is 0.410. The third-order valence-corrected chi connectivity index (χ3v) is 5.36. The molecule has 1 saturated carbocycles. The van der Waals surface area contributed by atoms with Gasteiger partial charge in [-0.2, -0.15) is 4.31 Å². The highest BCUT2D eigenvalue weighted by atomic mass is 32.2. The molecule has 2 rings (SSSR count). The molecule has 19 heavy (non-hydrogen) atoms. The summed E-state index contributed by atoms with van der Waals surface area (Å²) in [7, 11) is -1.99. The standard InChI is InChI=1S/C13H20N2O3S/c1-3-15(9-10-4-5-10)19(16,17)13-7-6-11(18-2)8-12(13)14/h6-8,10H,3-5,9,14H2,1-2H3. The number of sulfonamides is 1. The van der Waals surface area contributed by atoms with E-state index in [9.17, 15) is 8.42 Å². The summed E-state index contributed by atoms with van der Waals surface area (Å²) >= 11 is 0. The summed E-state index contributed by atoms with van der Waals surface area (Å²) < 4.78 is 31.6. The number of methoxy groups -OCH3 is 1. The molecule has 1 aromatic rings. The van der Waals surface area contributed by atoms with Crippen LogP contribution in [0, 0.1) is 5.92 Å². The summed E-state index contributed by atoms with van der Waals surface area (Å²) in [4.78, 5) is 0.163. The van der Waals surface area contributed by atoms with Gasteiger partial charge in [0.1, 0.15) is 10.6 Å². The van der Waals surface area contributed by atoms with Crippen molar-refractivity contribution in [1.82, 2.24) is 4.31 Å². The lowest BCUT2D eigenvalue weighted by Crippen LogP contribution is -2.33. The quantitative estimate of drug-likeness (QED) is 0.807. The highest BCUT2D eigenvalue weighted by Gasteiger charge is 2.31. The van der Waals surface area contributed by atoms with Crippen LogP contribution in [-0.4, -0.2) is 32.9 Å². The number of anilines is 1. The normalized spacial score (nSPS) is 15.7. The minimum Gasteiger partial charge on any atom is -0.497 e. The monoisotopic (exact) mass is 284 g/mol. The third kappa shape index (κ3) is 3.01. The molecular weight excluding hydrogens is 264 g/mol. The van der Waals surface area contributed by atoms with E-state index in [1.165, 1.54) is 23.5 Å². The smallest absolute Gasteiger partial charge is 0.245 e. The summed E-state index contributed by atoms with van der Waals surface area (Å²) in [5.41, 5.74) is 6.07. The van der Waals surface area contributed by atoms with Crippen molar-refractivity contribution in [1.29, 1.82) is 0 Å². The number of benzene rings is 1. The first-order chi connectivity index (χ1) is 8.98. The van der Waals surface area contributed by atoms with Crippen LogP contribution in [0.15, 0.2) is 23.1 Å². The molecule has 0 amide bonds. The van der Waals surface area contributed by atoms with Gasteiger partial charge in [-0.25, -0.2) is 8.42 Å². The van der Waals surface area contributed by atoms with Crippen molar-refractivity contribution in [2.45, 2.75) is 24.7 Å². The second kappa shape index (κ2) is 5.38. The van der Waals surface area contributed by atoms with Crippen LogP contribution >= 0.6 is 0 Å². The molecule has 0 heterocycles. The van der Waals surface area contributed by atoms with Gasteiger partial charge in [0.15, 0.2) is 0 Å². The van der Waals surface area contributed by atoms with Gasteiger partial charge in [-0.15, -0.1) is 0 Å². The van der Waals surface area contributed by atoms with Crippen molar-refractivity contribution in [3.05, 3.63) is 18.2 Å². The molecule has 106 valence electrons. The number of ether oxygens (including phenoxy) is 1. The van der Waals surface area contributed by atoms with Crippen molar-refractivity contribution in [3.63, 3.8) is 0 Å². The number of hydrogen-bond acceptors (Lipinski definition) is 4. The van der Waals surface area contributed by atoms with Crippen molar-refractivity contribution in [2.24, 2.45) is 5.92 Å². The topological polar surface area (TPSA) is 72.6 Å². The molecule has 1 aliphatic rings. The minimum atomic E-state index is -3.51. The Labute approximate surface area is 114 Å². The maximum Gasteiger partial charge on any atom is 0.245 e. The summed E-state index contributed by atoms with van der Waals surface area (Å²) in [6.07, 6.45) is 2.23. The lowest BCUT2D eigenvalue weighted by atomic mass is 10.3. The fourth-order valence-electron chi connectivity index (χ4n) is 2.01. The molecule has 1 fully saturated rings. The summed E-state index contributed by atoms with van der Waals surface area (Å²) in [5.74, 6) is 1.07. The fraction of sp³-hybridized carbons (Fsp3) is 0.538. The molecular formula is C13H20N2O3S. The Morgan fingerprint density at radius 2 is 2.11 bits per heavy atom. The SMILES string of the molecule is CCN(CC1CC1)S(=O)(=O)c1ccc(OC)cc1N. The zero-order chi connectivity index (χ0) is 14.0. The molecule has 5 nitrogen and oxygen atoms in total. The summed E-state index contributed by atoms with van der Waals surface area (Å²) in [6, 6.07) is 4.67. The van der Waals surface area contributed by atoms with Crippen molar-refractivity contribution < 1.29 is 13.2 Å². The van der Waals surface area contributed by atoms with Gasteiger partial charge in [0, 0.05) is 19.2 Å². The third-order valence-electron chi connectivity index (χ3n) is 3.35. The summed E-state index contributed by atoms with van der Waals surface area (Å²) in [6.45, 7) is 2.90. The second-order valence-electron chi connectivity index (χ2n) is 4.80. The van der Waals surface area contributed by atoms with Crippen LogP contribution in [0.5, 0.6) is 5.75 Å². The van der Waals surface area contributed by atoms with Crippen molar-refractivity contribution in [3.8, 4) is 5.75 Å². The van der Waals surface area contributed by atoms with Crippen LogP contribution in [0.2, 0.25) is 0 Å². The van der Waals surface area contributed by atoms with Crippen LogP contribution in [-0.2, 0) is 10.0 Å². The molecule has 1 aliphatic carbocycles. The average Bonchev–Trinajstić information content (AvgIpc) is 3.19. The maximum atomic E-state index is 12.6. The Morgan fingerprint density at radius 1 is 1.42 bits per heavy atom. The van der Waals surface area contributed by atoms with E-state index >= 15 is 0 Å². The van der Waals surface area contributed by atoms with Gasteiger partial charge in [0.2, 0.25) is 10.0 Å². The lowest BCUT2D eigenvalue weighted by Gasteiger charge is -2.21. The van der Waals surface area contributed by atoms with Gasteiger partial charge in [0.25, 0.3) is 0 Å². The average molecular weight is 284 g/mol. The molecule has 1 aromatic carbocycles. The van der Waals surface area contributed by atoms with Gasteiger partial charge in [-0.1, -0.05) is 6.92 Å². The summed E-state index contributed by atoms with van der Waals surface area (Å²) in [5, 5.41) is 0. The molecule has 6 heteroatoms. The van der Waals surface area contributed by atoms with Gasteiger partial charge in [-0.3, -0.25) is 0 Å². The van der Waals surface area contributed by atoms with Gasteiger partial charge in [-0.05, 0) is 30.9 Å². The van der Waals surface area contributed by atoms with Gasteiger partial charge in [0.05, 0.1) is 12.8 Å². The maximum absolute atomic E-state index is 12.6. The van der Waals surface area contributed by atoms with Crippen LogP contribution in [0.1, 0.15) is 19.8 Å². The van der Waals surface area contributed by atoms with Crippen LogP contribution in [0.4, 0.5) is 5.69 Å². The van der Waals surface area contributed by atoms with E-state index in [-0.39, 0.29) is 10.6 Å². The van der Waals surface area contributed by atoms with Crippen LogP contribution < -0.4 is 10.5 Å². The highest BCUT2D eigenvalue weighted by Crippen LogP contribution is 2.33. The Kier molecular flexibility index (Phi) is 4.01. The van der Waals surface area contributed by atoms with Crippen molar-refractivity contribution >= 4 is 15.7 Å². The Hall–Kier alpha value is -1.27. The molecule has 0 saturated heterocycles. The van der Waals surface area contributed by atoms with E-state index in [4.69, 9.17) is 10.5 Å². The molecule has 0 radical (unpaired) electrons. The number of hydrogen-bond donors (Lipinski definition) is 1. The van der Waals surface area contributed by atoms with Crippen LogP contribution in [0.25, 0.3) is 0 Å². The Morgan fingerprint density at radius 3 is 2.58 bits per heavy atom. The Balaban J connectivity index is 2.31. The Bertz CT molecular complexity index is 553. The number of nitrogens with zero attached hydrogens (tertiary/aromatic N) is 1. The molecule has 0 bridgehead atoms. The van der Waals surface area contributed by atoms with E-state index in [0.29, 0.717) is 24.8 Å². The largest absolute Gasteiger partial charge is 0.497 e. The predicted molar refractivity (Wildman–Crippen MR) is 74.6 cm³/mol. The van der Waals surface area contributed by atoms with E-state index in [1.54, 1.807) is 6.07 Å². The van der Waals surface area contributed by atoms with Gasteiger partial charge >= 0.3 is 0 Å². The first kappa shape index (κ1) is 14.1. The zero-order valence-electron chi connectivity index (χ0n) is 11.3. The van der Waals surface area contributed by atoms with E-state index in [2.05, 4.69) is 0 Å². The van der Waals surface area contributed by atoms with Gasteiger partial charge < -0.3 is 10.5 Å². The molecule has 2 N–H and O–H groups in total. The van der Waals surface area contributed by atoms with E-state index in [0.717, 1.165) is 12.8 Å². The first-order valence-electron chi connectivity index (χ1n) is 6.42. The molecule has 0 aromatic heterocycles. The molecule has 0 atom stereocenters. The molecule has 0 unspecified atom stereocenters. The predicted octanol–water partition coefficient (Wildman–Crippen LogP) is 1.70. The molecule has 0 aliphatic heterocycles. The molecule has 0 spiro atoms. The fourth-order valence-corrected chi connectivity index (χ4v) is 3.64. The van der Waals surface area contributed by atoms with Crippen molar-refractivity contribution in [2.75, 3.05) is 25.9 Å². The second-order valence-corrected chi connectivity index (χ2v) is 6.71.